The molecule has 0 fully saturated rings. The molecule has 0 aliphatic carbocycles. The first kappa shape index (κ1) is 19.1. The molecule has 7 heteroatoms. The largest absolute Gasteiger partial charge is 0.492 e. The van der Waals surface area contributed by atoms with Crippen LogP contribution >= 0.6 is 23.2 Å². The fourth-order valence-corrected chi connectivity index (χ4v) is 2.46. The first-order valence-corrected chi connectivity index (χ1v) is 8.39. The van der Waals surface area contributed by atoms with Crippen molar-refractivity contribution in [2.24, 2.45) is 10.9 Å². The van der Waals surface area contributed by atoms with E-state index in [0.29, 0.717) is 34.4 Å². The van der Waals surface area contributed by atoms with Gasteiger partial charge in [-0.25, -0.2) is 4.79 Å². The van der Waals surface area contributed by atoms with Gasteiger partial charge in [0.15, 0.2) is 5.84 Å². The molecule has 0 aliphatic heterocycles. The summed E-state index contributed by atoms with van der Waals surface area (Å²) in [6.45, 7) is 2.25. The summed E-state index contributed by atoms with van der Waals surface area (Å²) in [5.41, 5.74) is 7.54. The zero-order valence-corrected chi connectivity index (χ0v) is 15.2. The van der Waals surface area contributed by atoms with E-state index in [0.717, 1.165) is 5.56 Å². The maximum absolute atomic E-state index is 11.7. The van der Waals surface area contributed by atoms with Crippen LogP contribution in [0.5, 0.6) is 5.75 Å². The van der Waals surface area contributed by atoms with Gasteiger partial charge in [0.1, 0.15) is 5.75 Å². The average Bonchev–Trinajstić information content (AvgIpc) is 2.58. The molecule has 0 saturated carbocycles. The zero-order valence-electron chi connectivity index (χ0n) is 13.7. The molecule has 2 rings (SSSR count). The summed E-state index contributed by atoms with van der Waals surface area (Å²) in [6.07, 6.45) is 0.605. The third kappa shape index (κ3) is 6.29. The number of nitrogens with zero attached hydrogens (tertiary/aromatic N) is 1. The van der Waals surface area contributed by atoms with Crippen LogP contribution in [0.1, 0.15) is 24.0 Å². The molecule has 132 valence electrons. The second kappa shape index (κ2) is 9.30. The molecule has 0 unspecified atom stereocenters. The van der Waals surface area contributed by atoms with E-state index in [-0.39, 0.29) is 12.3 Å². The fraction of sp³-hybridized carbons (Fsp3) is 0.222. The highest BCUT2D eigenvalue weighted by Gasteiger charge is 2.06. The number of carbonyl (C=O) groups is 1. The fourth-order valence-electron chi connectivity index (χ4n) is 1.99. The second-order valence-corrected chi connectivity index (χ2v) is 6.18. The van der Waals surface area contributed by atoms with Crippen molar-refractivity contribution < 1.29 is 14.4 Å². The molecular formula is C18H18Cl2N2O3. The lowest BCUT2D eigenvalue weighted by atomic mass is 10.1. The van der Waals surface area contributed by atoms with E-state index in [1.807, 2.05) is 25.1 Å². The molecule has 0 saturated heterocycles. The van der Waals surface area contributed by atoms with Gasteiger partial charge >= 0.3 is 5.97 Å². The highest BCUT2D eigenvalue weighted by atomic mass is 35.5. The molecule has 0 aliphatic rings. The van der Waals surface area contributed by atoms with Crippen LogP contribution in [-0.4, -0.2) is 18.4 Å². The minimum atomic E-state index is -0.485. The number of aryl methyl sites for hydroxylation is 1. The molecule has 0 heterocycles. The predicted octanol–water partition coefficient (Wildman–Crippen LogP) is 4.32. The van der Waals surface area contributed by atoms with Gasteiger partial charge in [0.2, 0.25) is 0 Å². The predicted molar refractivity (Wildman–Crippen MR) is 99.2 cm³/mol. The summed E-state index contributed by atoms with van der Waals surface area (Å²) in [5, 5.41) is 4.62. The summed E-state index contributed by atoms with van der Waals surface area (Å²) >= 11 is 11.8. The van der Waals surface area contributed by atoms with Crippen LogP contribution in [0, 0.1) is 6.92 Å². The number of amidine groups is 1. The molecule has 0 atom stereocenters. The maximum atomic E-state index is 11.7. The minimum absolute atomic E-state index is 0.149. The number of carbonyl (C=O) groups excluding carboxylic acids is 1. The lowest BCUT2D eigenvalue weighted by Gasteiger charge is -2.07. The highest BCUT2D eigenvalue weighted by molar-refractivity contribution is 6.35. The third-order valence-corrected chi connectivity index (χ3v) is 3.77. The standard InChI is InChI=1S/C18H18Cl2N2O3/c1-12-4-2-5-13(10-12)18(21)22-25-17(23)6-3-9-24-16-8-7-14(19)11-15(16)20/h2,4-5,7-8,10-11H,3,6,9H2,1H3,(H2,21,22). The van der Waals surface area contributed by atoms with Gasteiger partial charge in [-0.3, -0.25) is 0 Å². The van der Waals surface area contributed by atoms with Crippen LogP contribution in [0.15, 0.2) is 47.6 Å². The van der Waals surface area contributed by atoms with Crippen LogP contribution in [0.4, 0.5) is 0 Å². The number of oxime groups is 1. The van der Waals surface area contributed by atoms with Crippen molar-refractivity contribution in [1.29, 1.82) is 0 Å². The number of hydrogen-bond acceptors (Lipinski definition) is 4. The molecule has 2 aromatic carbocycles. The normalized spacial score (nSPS) is 11.2. The van der Waals surface area contributed by atoms with Crippen LogP contribution in [0.3, 0.4) is 0 Å². The van der Waals surface area contributed by atoms with Crippen molar-refractivity contribution in [3.05, 3.63) is 63.6 Å². The molecular weight excluding hydrogens is 363 g/mol. The Hall–Kier alpha value is -2.24. The van der Waals surface area contributed by atoms with Gasteiger partial charge in [-0.05, 0) is 37.6 Å². The Morgan fingerprint density at radius 2 is 2.00 bits per heavy atom. The topological polar surface area (TPSA) is 73.9 Å². The molecule has 0 aromatic heterocycles. The third-order valence-electron chi connectivity index (χ3n) is 3.24. The molecule has 0 radical (unpaired) electrons. The Morgan fingerprint density at radius 1 is 1.20 bits per heavy atom. The van der Waals surface area contributed by atoms with E-state index in [2.05, 4.69) is 5.16 Å². The highest BCUT2D eigenvalue weighted by Crippen LogP contribution is 2.27. The number of hydrogen-bond donors (Lipinski definition) is 1. The van der Waals surface area contributed by atoms with Crippen molar-refractivity contribution in [1.82, 2.24) is 0 Å². The number of ether oxygens (including phenoxy) is 1. The second-order valence-electron chi connectivity index (χ2n) is 5.34. The van der Waals surface area contributed by atoms with Crippen molar-refractivity contribution >= 4 is 35.0 Å². The Bertz CT molecular complexity index is 779. The lowest BCUT2D eigenvalue weighted by molar-refractivity contribution is -0.143. The Morgan fingerprint density at radius 3 is 2.72 bits per heavy atom. The molecule has 2 aromatic rings. The number of halogens is 2. The first-order valence-electron chi connectivity index (χ1n) is 7.64. The summed E-state index contributed by atoms with van der Waals surface area (Å²) in [7, 11) is 0. The maximum Gasteiger partial charge on any atom is 0.335 e. The Balaban J connectivity index is 1.74. The minimum Gasteiger partial charge on any atom is -0.492 e. The van der Waals surface area contributed by atoms with Crippen molar-refractivity contribution in [2.45, 2.75) is 19.8 Å². The first-order chi connectivity index (χ1) is 12.0. The number of benzene rings is 2. The van der Waals surface area contributed by atoms with Gasteiger partial charge in [0, 0.05) is 10.6 Å². The summed E-state index contributed by atoms with van der Waals surface area (Å²) in [4.78, 5) is 16.5. The summed E-state index contributed by atoms with van der Waals surface area (Å²) in [5.74, 6) is 0.184. The number of nitrogens with two attached hydrogens (primary N) is 1. The van der Waals surface area contributed by atoms with Gasteiger partial charge in [-0.2, -0.15) is 0 Å². The lowest BCUT2D eigenvalue weighted by Crippen LogP contribution is -2.15. The van der Waals surface area contributed by atoms with Gasteiger partial charge < -0.3 is 15.3 Å². The van der Waals surface area contributed by atoms with Crippen molar-refractivity contribution in [3.63, 3.8) is 0 Å². The van der Waals surface area contributed by atoms with Gasteiger partial charge in [0.25, 0.3) is 0 Å². The van der Waals surface area contributed by atoms with Gasteiger partial charge in [-0.1, -0.05) is 52.1 Å². The van der Waals surface area contributed by atoms with E-state index >= 15 is 0 Å². The molecule has 25 heavy (non-hydrogen) atoms. The monoisotopic (exact) mass is 380 g/mol. The van der Waals surface area contributed by atoms with Crippen LogP contribution in [0.25, 0.3) is 0 Å². The SMILES string of the molecule is Cc1cccc(/C(N)=N\OC(=O)CCCOc2ccc(Cl)cc2Cl)c1. The summed E-state index contributed by atoms with van der Waals surface area (Å²) in [6, 6.07) is 12.4. The van der Waals surface area contributed by atoms with E-state index in [1.165, 1.54) is 0 Å². The van der Waals surface area contributed by atoms with Gasteiger partial charge in [0.05, 0.1) is 18.1 Å². The van der Waals surface area contributed by atoms with Gasteiger partial charge in [-0.15, -0.1) is 0 Å². The zero-order chi connectivity index (χ0) is 18.2. The smallest absolute Gasteiger partial charge is 0.335 e. The Labute approximate surface area is 156 Å². The van der Waals surface area contributed by atoms with Crippen LogP contribution in [-0.2, 0) is 9.63 Å². The van der Waals surface area contributed by atoms with Crippen LogP contribution < -0.4 is 10.5 Å². The van der Waals surface area contributed by atoms with Crippen LogP contribution in [0.2, 0.25) is 10.0 Å². The van der Waals surface area contributed by atoms with E-state index in [4.69, 9.17) is 38.5 Å². The summed E-state index contributed by atoms with van der Waals surface area (Å²) < 4.78 is 5.49. The van der Waals surface area contributed by atoms with E-state index < -0.39 is 5.97 Å². The van der Waals surface area contributed by atoms with E-state index in [9.17, 15) is 4.79 Å². The van der Waals surface area contributed by atoms with Crippen molar-refractivity contribution in [2.75, 3.05) is 6.61 Å². The molecule has 2 N–H and O–H groups in total. The molecule has 0 spiro atoms. The molecule has 5 nitrogen and oxygen atoms in total. The molecule has 0 amide bonds. The Kier molecular flexibility index (Phi) is 7.10. The number of rotatable bonds is 7. The van der Waals surface area contributed by atoms with E-state index in [1.54, 1.807) is 24.3 Å². The van der Waals surface area contributed by atoms with Crippen molar-refractivity contribution in [3.8, 4) is 5.75 Å². The molecule has 0 bridgehead atoms. The average molecular weight is 381 g/mol. The quantitative estimate of drug-likeness (QED) is 0.255.